The Morgan fingerprint density at radius 3 is 2.35 bits per heavy atom. The van der Waals surface area contributed by atoms with Gasteiger partial charge in [0.1, 0.15) is 11.3 Å². The lowest BCUT2D eigenvalue weighted by atomic mass is 10.1. The monoisotopic (exact) mass is 440 g/mol. The molecular formula is C24H32N4O2S. The first-order chi connectivity index (χ1) is 14.7. The third-order valence-electron chi connectivity index (χ3n) is 6.10. The number of imidazole rings is 1. The molecule has 0 saturated carbocycles. The number of aryl methyl sites for hydroxylation is 3. The van der Waals surface area contributed by atoms with Crippen LogP contribution in [0.25, 0.3) is 11.2 Å². The lowest BCUT2D eigenvalue weighted by Crippen LogP contribution is -2.39. The van der Waals surface area contributed by atoms with E-state index in [2.05, 4.69) is 23.4 Å². The molecule has 31 heavy (non-hydrogen) atoms. The first-order valence-corrected chi connectivity index (χ1v) is 12.5. The number of rotatable bonds is 5. The molecule has 1 aliphatic rings. The van der Waals surface area contributed by atoms with Gasteiger partial charge in [-0.25, -0.2) is 18.4 Å². The second-order valence-electron chi connectivity index (χ2n) is 9.21. The summed E-state index contributed by atoms with van der Waals surface area (Å²) < 4.78 is 30.8. The zero-order valence-electron chi connectivity index (χ0n) is 19.1. The van der Waals surface area contributed by atoms with E-state index in [1.54, 1.807) is 4.31 Å². The summed E-state index contributed by atoms with van der Waals surface area (Å²) in [5.41, 5.74) is 4.56. The fraction of sp³-hybridized carbons (Fsp3) is 0.500. The number of piperidine rings is 1. The largest absolute Gasteiger partial charge is 0.309 e. The van der Waals surface area contributed by atoms with Gasteiger partial charge < -0.3 is 4.57 Å². The van der Waals surface area contributed by atoms with Crippen LogP contribution in [-0.2, 0) is 16.4 Å². The van der Waals surface area contributed by atoms with Crippen LogP contribution < -0.4 is 0 Å². The van der Waals surface area contributed by atoms with Gasteiger partial charge in [0.15, 0.2) is 5.65 Å². The van der Waals surface area contributed by atoms with Crippen molar-refractivity contribution >= 4 is 21.2 Å². The molecule has 0 aliphatic carbocycles. The molecule has 4 rings (SSSR count). The van der Waals surface area contributed by atoms with Gasteiger partial charge in [0.25, 0.3) is 0 Å². The summed E-state index contributed by atoms with van der Waals surface area (Å²) in [6, 6.07) is 8.04. The number of aromatic nitrogens is 3. The molecule has 0 bridgehead atoms. The van der Waals surface area contributed by atoms with E-state index < -0.39 is 10.0 Å². The molecule has 3 heterocycles. The maximum absolute atomic E-state index is 13.5. The lowest BCUT2D eigenvalue weighted by Gasteiger charge is -2.33. The number of sulfonamides is 1. The van der Waals surface area contributed by atoms with Crippen molar-refractivity contribution < 1.29 is 8.42 Å². The van der Waals surface area contributed by atoms with Gasteiger partial charge in [-0.2, -0.15) is 4.31 Å². The minimum Gasteiger partial charge on any atom is -0.309 e. The fourth-order valence-corrected chi connectivity index (χ4v) is 6.79. The van der Waals surface area contributed by atoms with Crippen LogP contribution in [0.5, 0.6) is 0 Å². The van der Waals surface area contributed by atoms with Crippen molar-refractivity contribution in [3.05, 3.63) is 53.0 Å². The van der Waals surface area contributed by atoms with Crippen molar-refractivity contribution in [1.29, 1.82) is 0 Å². The average molecular weight is 441 g/mol. The van der Waals surface area contributed by atoms with Gasteiger partial charge in [0.2, 0.25) is 10.0 Å². The third kappa shape index (κ3) is 4.13. The summed E-state index contributed by atoms with van der Waals surface area (Å²) in [6.07, 6.45) is 4.21. The summed E-state index contributed by atoms with van der Waals surface area (Å²) in [5.74, 6) is 1.54. The minimum absolute atomic E-state index is 0.209. The van der Waals surface area contributed by atoms with Crippen molar-refractivity contribution in [2.75, 3.05) is 13.1 Å². The topological polar surface area (TPSA) is 68.1 Å². The Morgan fingerprint density at radius 1 is 1.10 bits per heavy atom. The molecule has 0 unspecified atom stereocenters. The van der Waals surface area contributed by atoms with Gasteiger partial charge in [0.05, 0.1) is 4.90 Å². The summed E-state index contributed by atoms with van der Waals surface area (Å²) >= 11 is 0. The van der Waals surface area contributed by atoms with E-state index in [9.17, 15) is 8.42 Å². The standard InChI is InChI=1S/C24H32N4O2S/c1-16(2)13-22-26-21-7-6-10-25-24(21)28(22)20-8-11-27(12-9-20)31(29,30)23-18(4)14-17(3)15-19(23)5/h6-7,10,14-16,20H,8-9,11-13H2,1-5H3. The molecule has 0 N–H and O–H groups in total. The second kappa shape index (κ2) is 8.36. The van der Waals surface area contributed by atoms with Gasteiger partial charge in [-0.05, 0) is 62.8 Å². The Bertz CT molecular complexity index is 1180. The zero-order chi connectivity index (χ0) is 22.3. The minimum atomic E-state index is -3.51. The summed E-state index contributed by atoms with van der Waals surface area (Å²) in [5, 5.41) is 0. The molecule has 3 aromatic rings. The number of hydrogen-bond acceptors (Lipinski definition) is 4. The molecule has 2 aromatic heterocycles. The number of fused-ring (bicyclic) bond motifs is 1. The molecular weight excluding hydrogens is 408 g/mol. The van der Waals surface area contributed by atoms with E-state index in [4.69, 9.17) is 4.98 Å². The number of hydrogen-bond donors (Lipinski definition) is 0. The molecule has 1 fully saturated rings. The van der Waals surface area contributed by atoms with Crippen LogP contribution in [0.3, 0.4) is 0 Å². The van der Waals surface area contributed by atoms with Gasteiger partial charge in [-0.15, -0.1) is 0 Å². The molecule has 0 atom stereocenters. The maximum atomic E-state index is 13.5. The van der Waals surface area contributed by atoms with Crippen LogP contribution >= 0.6 is 0 Å². The predicted octanol–water partition coefficient (Wildman–Crippen LogP) is 4.58. The van der Waals surface area contributed by atoms with Gasteiger partial charge in [-0.1, -0.05) is 31.5 Å². The Hall–Kier alpha value is -2.25. The van der Waals surface area contributed by atoms with Crippen molar-refractivity contribution in [1.82, 2.24) is 18.8 Å². The van der Waals surface area contributed by atoms with Crippen LogP contribution in [0.1, 0.15) is 55.2 Å². The maximum Gasteiger partial charge on any atom is 0.243 e. The van der Waals surface area contributed by atoms with Crippen LogP contribution in [-0.4, -0.2) is 40.3 Å². The highest BCUT2D eigenvalue weighted by molar-refractivity contribution is 7.89. The number of benzene rings is 1. The molecule has 0 spiro atoms. The molecule has 6 nitrogen and oxygen atoms in total. The van der Waals surface area contributed by atoms with Crippen LogP contribution in [0.15, 0.2) is 35.4 Å². The third-order valence-corrected chi connectivity index (χ3v) is 8.31. The zero-order valence-corrected chi connectivity index (χ0v) is 19.9. The van der Waals surface area contributed by atoms with E-state index in [-0.39, 0.29) is 6.04 Å². The first kappa shape index (κ1) is 22.0. The lowest BCUT2D eigenvalue weighted by molar-refractivity contribution is 0.272. The van der Waals surface area contributed by atoms with Gasteiger partial charge >= 0.3 is 0 Å². The molecule has 166 valence electrons. The van der Waals surface area contributed by atoms with E-state index >= 15 is 0 Å². The van der Waals surface area contributed by atoms with Crippen molar-refractivity contribution in [2.45, 2.75) is 64.8 Å². The molecule has 0 radical (unpaired) electrons. The van der Waals surface area contributed by atoms with Crippen LogP contribution in [0, 0.1) is 26.7 Å². The van der Waals surface area contributed by atoms with Crippen LogP contribution in [0.4, 0.5) is 0 Å². The average Bonchev–Trinajstić information content (AvgIpc) is 3.04. The molecule has 1 aliphatic heterocycles. The van der Waals surface area contributed by atoms with Crippen molar-refractivity contribution in [2.24, 2.45) is 5.92 Å². The SMILES string of the molecule is Cc1cc(C)c(S(=O)(=O)N2CCC(n3c(CC(C)C)nc4cccnc43)CC2)c(C)c1. The molecule has 1 aromatic carbocycles. The number of nitrogens with zero attached hydrogens (tertiary/aromatic N) is 4. The number of pyridine rings is 1. The van der Waals surface area contributed by atoms with Gasteiger partial charge in [0, 0.05) is 31.7 Å². The quantitative estimate of drug-likeness (QED) is 0.582. The summed E-state index contributed by atoms with van der Waals surface area (Å²) in [6.45, 7) is 11.2. The molecule has 1 saturated heterocycles. The van der Waals surface area contributed by atoms with E-state index in [1.165, 1.54) is 0 Å². The highest BCUT2D eigenvalue weighted by atomic mass is 32.2. The highest BCUT2D eigenvalue weighted by Gasteiger charge is 2.33. The second-order valence-corrected chi connectivity index (χ2v) is 11.1. The van der Waals surface area contributed by atoms with Crippen molar-refractivity contribution in [3.8, 4) is 0 Å². The summed E-state index contributed by atoms with van der Waals surface area (Å²) in [4.78, 5) is 9.91. The fourth-order valence-electron chi connectivity index (χ4n) is 4.91. The predicted molar refractivity (Wildman–Crippen MR) is 124 cm³/mol. The smallest absolute Gasteiger partial charge is 0.243 e. The van der Waals surface area contributed by atoms with E-state index in [0.717, 1.165) is 52.9 Å². The Balaban J connectivity index is 1.61. The Morgan fingerprint density at radius 2 is 1.74 bits per heavy atom. The van der Waals surface area contributed by atoms with Crippen LogP contribution in [0.2, 0.25) is 0 Å². The van der Waals surface area contributed by atoms with Crippen molar-refractivity contribution in [3.63, 3.8) is 0 Å². The first-order valence-electron chi connectivity index (χ1n) is 11.1. The van der Waals surface area contributed by atoms with E-state index in [1.807, 2.05) is 51.2 Å². The normalized spacial score (nSPS) is 16.5. The molecule has 0 amide bonds. The molecule has 7 heteroatoms. The highest BCUT2D eigenvalue weighted by Crippen LogP contribution is 2.33. The Labute approximate surface area is 185 Å². The summed E-state index contributed by atoms with van der Waals surface area (Å²) in [7, 11) is -3.51. The van der Waals surface area contributed by atoms with Gasteiger partial charge in [-0.3, -0.25) is 0 Å². The Kier molecular flexibility index (Phi) is 5.92. The van der Waals surface area contributed by atoms with E-state index in [0.29, 0.717) is 23.9 Å².